The van der Waals surface area contributed by atoms with Gasteiger partial charge in [-0.15, -0.1) is 0 Å². The molecule has 0 radical (unpaired) electrons. The summed E-state index contributed by atoms with van der Waals surface area (Å²) < 4.78 is 40.1. The van der Waals surface area contributed by atoms with Crippen LogP contribution in [0, 0.1) is 0 Å². The molecule has 0 bridgehead atoms. The maximum absolute atomic E-state index is 13.4. The fourth-order valence-corrected chi connectivity index (χ4v) is 3.47. The molecule has 0 saturated carbocycles. The van der Waals surface area contributed by atoms with Crippen LogP contribution in [0.1, 0.15) is 87.4 Å². The van der Waals surface area contributed by atoms with Crippen LogP contribution >= 0.6 is 0 Å². The molecule has 2 rings (SSSR count). The van der Waals surface area contributed by atoms with Crippen molar-refractivity contribution in [3.63, 3.8) is 0 Å². The summed E-state index contributed by atoms with van der Waals surface area (Å²) in [6.07, 6.45) is 1.38. The summed E-state index contributed by atoms with van der Waals surface area (Å²) in [4.78, 5) is 4.85. The number of hydrogen-bond acceptors (Lipinski definition) is 2. The Morgan fingerprint density at radius 3 is 2.24 bits per heavy atom. The molecule has 2 nitrogen and oxygen atoms in total. The van der Waals surface area contributed by atoms with E-state index in [0.717, 1.165) is 35.9 Å². The molecular weight excluding hydrogens is 375 g/mol. The van der Waals surface area contributed by atoms with Gasteiger partial charge in [-0.1, -0.05) is 65.3 Å². The third-order valence-electron chi connectivity index (χ3n) is 4.87. The topological polar surface area (TPSA) is 33.1 Å². The van der Waals surface area contributed by atoms with Crippen LogP contribution in [0.3, 0.4) is 0 Å². The van der Waals surface area contributed by atoms with Crippen molar-refractivity contribution in [3.05, 3.63) is 58.4 Å². The van der Waals surface area contributed by atoms with Gasteiger partial charge in [0.05, 0.1) is 17.9 Å². The van der Waals surface area contributed by atoms with E-state index in [2.05, 4.69) is 6.92 Å². The van der Waals surface area contributed by atoms with Crippen molar-refractivity contribution in [2.24, 2.45) is 0 Å². The van der Waals surface area contributed by atoms with Crippen molar-refractivity contribution in [2.45, 2.75) is 72.1 Å². The van der Waals surface area contributed by atoms with E-state index < -0.39 is 11.7 Å². The van der Waals surface area contributed by atoms with Gasteiger partial charge in [0.25, 0.3) is 0 Å². The molecule has 0 fully saturated rings. The molecule has 2 aromatic rings. The van der Waals surface area contributed by atoms with Crippen molar-refractivity contribution >= 4 is 6.08 Å². The molecule has 0 aliphatic rings. The molecule has 0 amide bonds. The smallest absolute Gasteiger partial charge is 0.392 e. The number of allylic oxidation sites excluding steroid dienone is 1. The van der Waals surface area contributed by atoms with Crippen molar-refractivity contribution in [3.8, 4) is 11.1 Å². The van der Waals surface area contributed by atoms with E-state index in [0.29, 0.717) is 16.7 Å². The van der Waals surface area contributed by atoms with Gasteiger partial charge in [-0.05, 0) is 41.5 Å². The number of halogens is 3. The van der Waals surface area contributed by atoms with E-state index in [-0.39, 0.29) is 18.4 Å². The van der Waals surface area contributed by atoms with Gasteiger partial charge in [0.15, 0.2) is 0 Å². The van der Waals surface area contributed by atoms with Gasteiger partial charge in [0.2, 0.25) is 0 Å². The summed E-state index contributed by atoms with van der Waals surface area (Å²) in [6.45, 7) is 9.80. The monoisotopic (exact) mass is 405 g/mol. The Hall–Kier alpha value is -2.14. The van der Waals surface area contributed by atoms with E-state index in [1.165, 1.54) is 12.1 Å². The summed E-state index contributed by atoms with van der Waals surface area (Å²) in [7, 11) is 0. The molecular formula is C24H30F3NO. The van der Waals surface area contributed by atoms with Crippen molar-refractivity contribution < 1.29 is 18.3 Å². The first-order valence-electron chi connectivity index (χ1n) is 10.1. The fourth-order valence-electron chi connectivity index (χ4n) is 3.47. The first-order chi connectivity index (χ1) is 13.6. The molecule has 0 spiro atoms. The predicted octanol–water partition coefficient (Wildman–Crippen LogP) is 7.32. The molecule has 0 atom stereocenters. The summed E-state index contributed by atoms with van der Waals surface area (Å²) in [6, 6.07) is 5.33. The maximum atomic E-state index is 13.4. The highest BCUT2D eigenvalue weighted by Gasteiger charge is 2.31. The van der Waals surface area contributed by atoms with Gasteiger partial charge in [-0.2, -0.15) is 13.2 Å². The van der Waals surface area contributed by atoms with Crippen LogP contribution in [0.5, 0.6) is 0 Å². The lowest BCUT2D eigenvalue weighted by Gasteiger charge is -2.23. The van der Waals surface area contributed by atoms with Crippen LogP contribution < -0.4 is 0 Å². The molecule has 1 aromatic heterocycles. The van der Waals surface area contributed by atoms with Gasteiger partial charge >= 0.3 is 6.18 Å². The number of unbranched alkanes of at least 4 members (excludes halogenated alkanes) is 1. The molecule has 1 N–H and O–H groups in total. The Bertz CT molecular complexity index is 867. The predicted molar refractivity (Wildman–Crippen MR) is 113 cm³/mol. The Morgan fingerprint density at radius 2 is 1.72 bits per heavy atom. The zero-order valence-corrected chi connectivity index (χ0v) is 17.8. The summed E-state index contributed by atoms with van der Waals surface area (Å²) in [5.41, 5.74) is 3.36. The third kappa shape index (κ3) is 5.27. The minimum absolute atomic E-state index is 0.0351. The van der Waals surface area contributed by atoms with Crippen molar-refractivity contribution in [1.29, 1.82) is 0 Å². The number of alkyl halides is 3. The highest BCUT2D eigenvalue weighted by atomic mass is 19.4. The molecule has 1 aromatic carbocycles. The number of aliphatic hydroxyl groups excluding tert-OH is 1. The summed E-state index contributed by atoms with van der Waals surface area (Å²) >= 11 is 0. The third-order valence-corrected chi connectivity index (χ3v) is 4.87. The van der Waals surface area contributed by atoms with E-state index in [1.807, 2.05) is 39.8 Å². The number of hydrogen-bond donors (Lipinski definition) is 1. The van der Waals surface area contributed by atoms with Gasteiger partial charge in [0, 0.05) is 16.8 Å². The molecule has 0 aliphatic heterocycles. The Labute approximate surface area is 171 Å². The lowest BCUT2D eigenvalue weighted by atomic mass is 9.86. The first kappa shape index (κ1) is 23.1. The molecule has 158 valence electrons. The van der Waals surface area contributed by atoms with Crippen LogP contribution in [0.15, 0.2) is 30.3 Å². The van der Waals surface area contributed by atoms with Crippen LogP contribution in [0.25, 0.3) is 17.2 Å². The molecule has 5 heteroatoms. The van der Waals surface area contributed by atoms with Gasteiger partial charge in [0.1, 0.15) is 0 Å². The number of rotatable bonds is 7. The number of nitrogens with zero attached hydrogens (tertiary/aromatic N) is 1. The number of benzene rings is 1. The zero-order chi connectivity index (χ0) is 21.8. The number of aromatic nitrogens is 1. The molecule has 0 saturated heterocycles. The quantitative estimate of drug-likeness (QED) is 0.523. The molecule has 29 heavy (non-hydrogen) atoms. The van der Waals surface area contributed by atoms with Crippen LogP contribution in [0.2, 0.25) is 0 Å². The first-order valence-corrected chi connectivity index (χ1v) is 10.1. The van der Waals surface area contributed by atoms with E-state index in [4.69, 9.17) is 4.98 Å². The lowest BCUT2D eigenvalue weighted by molar-refractivity contribution is -0.137. The number of pyridine rings is 1. The highest BCUT2D eigenvalue weighted by molar-refractivity contribution is 5.80. The van der Waals surface area contributed by atoms with Crippen molar-refractivity contribution in [2.75, 3.05) is 0 Å². The molecule has 1 heterocycles. The van der Waals surface area contributed by atoms with Gasteiger partial charge in [-0.25, -0.2) is 0 Å². The molecule has 0 aliphatic carbocycles. The average Bonchev–Trinajstić information content (AvgIpc) is 2.66. The highest BCUT2D eigenvalue weighted by Crippen LogP contribution is 2.39. The Kier molecular flexibility index (Phi) is 7.64. The Morgan fingerprint density at radius 1 is 1.07 bits per heavy atom. The minimum Gasteiger partial charge on any atom is -0.392 e. The average molecular weight is 406 g/mol. The van der Waals surface area contributed by atoms with Crippen LogP contribution in [0.4, 0.5) is 13.2 Å². The van der Waals surface area contributed by atoms with E-state index in [9.17, 15) is 18.3 Å². The normalized spacial score (nSPS) is 12.5. The SMILES string of the molecule is CCCC=Cc1c(C(C)C)nc(C(C)C)c(CO)c1-c1cccc(C(F)(F)F)c1. The minimum atomic E-state index is -4.43. The number of aliphatic hydroxyl groups is 1. The maximum Gasteiger partial charge on any atom is 0.416 e. The second-order valence-corrected chi connectivity index (χ2v) is 7.89. The van der Waals surface area contributed by atoms with E-state index in [1.54, 1.807) is 6.07 Å². The zero-order valence-electron chi connectivity index (χ0n) is 17.8. The van der Waals surface area contributed by atoms with Gasteiger partial charge < -0.3 is 5.11 Å². The largest absolute Gasteiger partial charge is 0.416 e. The summed E-state index contributed by atoms with van der Waals surface area (Å²) in [5.74, 6) is 0.124. The van der Waals surface area contributed by atoms with Crippen LogP contribution in [-0.4, -0.2) is 10.1 Å². The van der Waals surface area contributed by atoms with Gasteiger partial charge in [-0.3, -0.25) is 4.98 Å². The standard InChI is InChI=1S/C24H30F3NO/c1-6-7-8-12-19-21(17-10-9-11-18(13-17)24(25,26)27)20(14-29)23(16(4)5)28-22(19)15(2)3/h8-13,15-16,29H,6-7,14H2,1-5H3. The lowest BCUT2D eigenvalue weighted by Crippen LogP contribution is -2.11. The van der Waals surface area contributed by atoms with Crippen LogP contribution in [-0.2, 0) is 12.8 Å². The summed E-state index contributed by atoms with van der Waals surface area (Å²) in [5, 5.41) is 10.2. The Balaban J connectivity index is 2.92. The fraction of sp³-hybridized carbons (Fsp3) is 0.458. The molecule has 0 unspecified atom stereocenters. The van der Waals surface area contributed by atoms with Crippen molar-refractivity contribution in [1.82, 2.24) is 4.98 Å². The second-order valence-electron chi connectivity index (χ2n) is 7.89. The van der Waals surface area contributed by atoms with E-state index >= 15 is 0 Å². The second kappa shape index (κ2) is 9.57.